The predicted molar refractivity (Wildman–Crippen MR) is 102 cm³/mol. The van der Waals surface area contributed by atoms with Gasteiger partial charge in [0.1, 0.15) is 0 Å². The third-order valence-corrected chi connectivity index (χ3v) is 4.02. The Hall–Kier alpha value is -2.57. The van der Waals surface area contributed by atoms with Gasteiger partial charge < -0.3 is 20.4 Å². The Morgan fingerprint density at radius 2 is 1.85 bits per heavy atom. The van der Waals surface area contributed by atoms with Gasteiger partial charge in [-0.3, -0.25) is 14.4 Å². The van der Waals surface area contributed by atoms with E-state index < -0.39 is 0 Å². The van der Waals surface area contributed by atoms with Gasteiger partial charge in [0.25, 0.3) is 0 Å². The van der Waals surface area contributed by atoms with Gasteiger partial charge in [0.15, 0.2) is 0 Å². The lowest BCUT2D eigenvalue weighted by Gasteiger charge is -2.23. The van der Waals surface area contributed by atoms with Gasteiger partial charge >= 0.3 is 0 Å². The molecule has 1 saturated heterocycles. The molecule has 1 aliphatic heterocycles. The molecule has 26 heavy (non-hydrogen) atoms. The summed E-state index contributed by atoms with van der Waals surface area (Å²) in [7, 11) is 1.61. The fraction of sp³-hybridized carbons (Fsp3) is 0.526. The highest BCUT2D eigenvalue weighted by Gasteiger charge is 2.21. The van der Waals surface area contributed by atoms with Crippen LogP contribution in [-0.2, 0) is 14.4 Å². The Kier molecular flexibility index (Phi) is 6.23. The average Bonchev–Trinajstić information content (AvgIpc) is 2.97. The van der Waals surface area contributed by atoms with Crippen molar-refractivity contribution in [3.63, 3.8) is 0 Å². The summed E-state index contributed by atoms with van der Waals surface area (Å²) in [6.07, 6.45) is 1.49. The summed E-state index contributed by atoms with van der Waals surface area (Å²) < 4.78 is 0. The monoisotopic (exact) mass is 360 g/mol. The highest BCUT2D eigenvalue weighted by Crippen LogP contribution is 2.22. The molecule has 0 aliphatic carbocycles. The predicted octanol–water partition coefficient (Wildman–Crippen LogP) is 1.60. The molecule has 1 aromatic rings. The van der Waals surface area contributed by atoms with Crippen LogP contribution < -0.4 is 15.5 Å². The highest BCUT2D eigenvalue weighted by molar-refractivity contribution is 5.95. The average molecular weight is 360 g/mol. The normalized spacial score (nSPS) is 14.3. The Balaban J connectivity index is 1.81. The molecule has 0 atom stereocenters. The molecular formula is C19H28N4O3. The first kappa shape index (κ1) is 19.8. The van der Waals surface area contributed by atoms with Crippen molar-refractivity contribution in [1.29, 1.82) is 0 Å². The maximum absolute atomic E-state index is 12.2. The van der Waals surface area contributed by atoms with Crippen molar-refractivity contribution >= 4 is 29.1 Å². The van der Waals surface area contributed by atoms with E-state index in [9.17, 15) is 14.4 Å². The zero-order chi connectivity index (χ0) is 19.3. The van der Waals surface area contributed by atoms with Gasteiger partial charge in [-0.2, -0.15) is 0 Å². The number of nitrogens with zero attached hydrogens (tertiary/aromatic N) is 2. The number of rotatable bonds is 6. The quantitative estimate of drug-likeness (QED) is 0.807. The maximum Gasteiger partial charge on any atom is 0.242 e. The van der Waals surface area contributed by atoms with Crippen LogP contribution in [0.3, 0.4) is 0 Å². The first-order valence-corrected chi connectivity index (χ1v) is 8.85. The molecule has 0 radical (unpaired) electrons. The fourth-order valence-electron chi connectivity index (χ4n) is 2.75. The van der Waals surface area contributed by atoms with E-state index in [1.165, 1.54) is 4.90 Å². The Morgan fingerprint density at radius 1 is 1.19 bits per heavy atom. The van der Waals surface area contributed by atoms with Crippen molar-refractivity contribution < 1.29 is 14.4 Å². The molecule has 1 aromatic carbocycles. The van der Waals surface area contributed by atoms with Gasteiger partial charge in [-0.25, -0.2) is 0 Å². The van der Waals surface area contributed by atoms with Crippen molar-refractivity contribution in [2.24, 2.45) is 0 Å². The maximum atomic E-state index is 12.2. The summed E-state index contributed by atoms with van der Waals surface area (Å²) in [4.78, 5) is 39.0. The minimum atomic E-state index is -0.322. The molecule has 0 saturated carbocycles. The van der Waals surface area contributed by atoms with Crippen LogP contribution in [0.2, 0.25) is 0 Å². The molecule has 3 amide bonds. The molecule has 0 bridgehead atoms. The van der Waals surface area contributed by atoms with E-state index in [0.29, 0.717) is 6.42 Å². The largest absolute Gasteiger partial charge is 0.376 e. The number of hydrogen-bond acceptors (Lipinski definition) is 4. The summed E-state index contributed by atoms with van der Waals surface area (Å²) >= 11 is 0. The van der Waals surface area contributed by atoms with Crippen LogP contribution in [0, 0.1) is 0 Å². The van der Waals surface area contributed by atoms with E-state index in [2.05, 4.69) is 10.6 Å². The Morgan fingerprint density at radius 3 is 2.38 bits per heavy atom. The topological polar surface area (TPSA) is 81.8 Å². The van der Waals surface area contributed by atoms with E-state index in [1.54, 1.807) is 11.9 Å². The van der Waals surface area contributed by atoms with Crippen LogP contribution in [0.25, 0.3) is 0 Å². The zero-order valence-electron chi connectivity index (χ0n) is 16.0. The van der Waals surface area contributed by atoms with Crippen LogP contribution in [0.4, 0.5) is 11.4 Å². The minimum absolute atomic E-state index is 0.0216. The number of carbonyl (C=O) groups excluding carboxylic acids is 3. The summed E-state index contributed by atoms with van der Waals surface area (Å²) in [6, 6.07) is 7.44. The van der Waals surface area contributed by atoms with E-state index in [-0.39, 0.29) is 36.3 Å². The van der Waals surface area contributed by atoms with Gasteiger partial charge in [0.05, 0.1) is 13.1 Å². The van der Waals surface area contributed by atoms with Crippen molar-refractivity contribution in [2.75, 3.05) is 36.9 Å². The number of nitrogens with one attached hydrogen (secondary N) is 2. The lowest BCUT2D eigenvalue weighted by Crippen LogP contribution is -2.47. The van der Waals surface area contributed by atoms with Crippen LogP contribution in [0.1, 0.15) is 33.6 Å². The number of anilines is 2. The molecule has 2 N–H and O–H groups in total. The second kappa shape index (κ2) is 8.21. The van der Waals surface area contributed by atoms with Crippen molar-refractivity contribution in [1.82, 2.24) is 10.2 Å². The smallest absolute Gasteiger partial charge is 0.242 e. The SMILES string of the molecule is CN(CC(=O)NC(C)(C)C)C(=O)CNc1ccc(N2CCCC2=O)cc1. The lowest BCUT2D eigenvalue weighted by atomic mass is 10.1. The van der Waals surface area contributed by atoms with E-state index in [0.717, 1.165) is 24.3 Å². The number of amides is 3. The highest BCUT2D eigenvalue weighted by atomic mass is 16.2. The fourth-order valence-corrected chi connectivity index (χ4v) is 2.75. The van der Waals surface area contributed by atoms with Crippen molar-refractivity contribution in [2.45, 2.75) is 39.2 Å². The van der Waals surface area contributed by atoms with E-state index in [4.69, 9.17) is 0 Å². The summed E-state index contributed by atoms with van der Waals surface area (Å²) in [6.45, 7) is 6.57. The van der Waals surface area contributed by atoms with Crippen LogP contribution in [-0.4, -0.2) is 54.8 Å². The van der Waals surface area contributed by atoms with Crippen molar-refractivity contribution in [3.05, 3.63) is 24.3 Å². The standard InChI is InChI=1S/C19H28N4O3/c1-19(2,3)21-16(24)13-22(4)18(26)12-20-14-7-9-15(10-8-14)23-11-5-6-17(23)25/h7-10,20H,5-6,11-13H2,1-4H3,(H,21,24). The number of carbonyl (C=O) groups is 3. The molecule has 0 spiro atoms. The molecule has 1 fully saturated rings. The first-order chi connectivity index (χ1) is 12.2. The molecule has 142 valence electrons. The van der Waals surface area contributed by atoms with E-state index >= 15 is 0 Å². The number of likely N-dealkylation sites (N-methyl/N-ethyl adjacent to an activating group) is 1. The molecule has 0 aromatic heterocycles. The lowest BCUT2D eigenvalue weighted by molar-refractivity contribution is -0.133. The Labute approximate surface area is 154 Å². The second-order valence-electron chi connectivity index (χ2n) is 7.60. The summed E-state index contributed by atoms with van der Waals surface area (Å²) in [5.41, 5.74) is 1.35. The van der Waals surface area contributed by atoms with E-state index in [1.807, 2.05) is 45.0 Å². The minimum Gasteiger partial charge on any atom is -0.376 e. The number of hydrogen-bond donors (Lipinski definition) is 2. The van der Waals surface area contributed by atoms with Crippen molar-refractivity contribution in [3.8, 4) is 0 Å². The molecule has 7 nitrogen and oxygen atoms in total. The third kappa shape index (κ3) is 5.75. The molecule has 0 unspecified atom stereocenters. The zero-order valence-corrected chi connectivity index (χ0v) is 16.0. The first-order valence-electron chi connectivity index (χ1n) is 8.85. The molecule has 1 heterocycles. The van der Waals surface area contributed by atoms with Gasteiger partial charge in [0, 0.05) is 36.9 Å². The number of benzene rings is 1. The van der Waals surface area contributed by atoms with Crippen LogP contribution >= 0.6 is 0 Å². The van der Waals surface area contributed by atoms with Gasteiger partial charge in [-0.05, 0) is 51.5 Å². The van der Waals surface area contributed by atoms with Gasteiger partial charge in [-0.1, -0.05) is 0 Å². The summed E-state index contributed by atoms with van der Waals surface area (Å²) in [5.74, 6) is -0.211. The van der Waals surface area contributed by atoms with Crippen LogP contribution in [0.5, 0.6) is 0 Å². The molecular weight excluding hydrogens is 332 g/mol. The summed E-state index contributed by atoms with van der Waals surface area (Å²) in [5, 5.41) is 5.88. The molecule has 7 heteroatoms. The Bertz CT molecular complexity index is 664. The molecule has 2 rings (SSSR count). The second-order valence-corrected chi connectivity index (χ2v) is 7.60. The van der Waals surface area contributed by atoms with Gasteiger partial charge in [-0.15, -0.1) is 0 Å². The van der Waals surface area contributed by atoms with Gasteiger partial charge in [0.2, 0.25) is 17.7 Å². The third-order valence-electron chi connectivity index (χ3n) is 4.02. The molecule has 1 aliphatic rings. The van der Waals surface area contributed by atoms with Crippen LogP contribution in [0.15, 0.2) is 24.3 Å².